The van der Waals surface area contributed by atoms with Crippen molar-refractivity contribution in [3.05, 3.63) is 24.3 Å². The molecule has 2 aromatic rings. The molecule has 25 heavy (non-hydrogen) atoms. The van der Waals surface area contributed by atoms with E-state index in [4.69, 9.17) is 4.43 Å². The molecule has 0 aliphatic rings. The molecule has 4 nitrogen and oxygen atoms in total. The van der Waals surface area contributed by atoms with E-state index in [-0.39, 0.29) is 11.6 Å². The van der Waals surface area contributed by atoms with Crippen molar-refractivity contribution in [1.82, 2.24) is 4.98 Å². The van der Waals surface area contributed by atoms with Crippen molar-refractivity contribution < 1.29 is 21.6 Å². The molecule has 9 heteroatoms. The molecule has 0 amide bonds. The minimum Gasteiger partial charge on any atom is -0.417 e. The lowest BCUT2D eigenvalue weighted by molar-refractivity contribution is 0.0625. The van der Waals surface area contributed by atoms with Crippen LogP contribution in [0.1, 0.15) is 27.2 Å². The predicted octanol–water partition coefficient (Wildman–Crippen LogP) is 5.07. The number of benzene rings is 1. The molecule has 0 bridgehead atoms. The third-order valence-electron chi connectivity index (χ3n) is 4.56. The van der Waals surface area contributed by atoms with Gasteiger partial charge < -0.3 is 4.43 Å². The normalized spacial score (nSPS) is 14.2. The zero-order valence-corrected chi connectivity index (χ0v) is 17.6. The second kappa shape index (κ2) is 6.68. The van der Waals surface area contributed by atoms with Gasteiger partial charge >= 0.3 is 5.25 Å². The van der Waals surface area contributed by atoms with Gasteiger partial charge in [-0.1, -0.05) is 32.9 Å². The Balaban J connectivity index is 2.17. The fourth-order valence-corrected chi connectivity index (χ4v) is 5.51. The first-order valence-electron chi connectivity index (χ1n) is 7.90. The number of rotatable bonds is 6. The topological polar surface area (TPSA) is 56.3 Å². The average Bonchev–Trinajstić information content (AvgIpc) is 2.90. The van der Waals surface area contributed by atoms with E-state index in [0.717, 1.165) is 11.3 Å². The summed E-state index contributed by atoms with van der Waals surface area (Å²) in [7, 11) is -7.05. The van der Waals surface area contributed by atoms with E-state index < -0.39 is 34.2 Å². The van der Waals surface area contributed by atoms with Crippen LogP contribution in [0.25, 0.3) is 10.2 Å². The van der Waals surface area contributed by atoms with E-state index >= 15 is 0 Å². The van der Waals surface area contributed by atoms with Crippen LogP contribution in [0.2, 0.25) is 18.1 Å². The summed E-state index contributed by atoms with van der Waals surface area (Å²) in [6.07, 6.45) is -0.877. The molecular formula is C16H23F2NO3S2Si. The van der Waals surface area contributed by atoms with E-state index in [1.807, 2.05) is 33.9 Å². The van der Waals surface area contributed by atoms with Gasteiger partial charge in [0.1, 0.15) is 0 Å². The molecule has 0 unspecified atom stereocenters. The fourth-order valence-electron chi connectivity index (χ4n) is 1.87. The Labute approximate surface area is 152 Å². The summed E-state index contributed by atoms with van der Waals surface area (Å²) in [5.74, 6) is 0. The van der Waals surface area contributed by atoms with Gasteiger partial charge in [-0.05, 0) is 30.3 Å². The first kappa shape index (κ1) is 20.4. The Kier molecular flexibility index (Phi) is 5.45. The van der Waals surface area contributed by atoms with Gasteiger partial charge in [-0.2, -0.15) is 8.78 Å². The van der Waals surface area contributed by atoms with E-state index in [0.29, 0.717) is 10.2 Å². The lowest BCUT2D eigenvalue weighted by atomic mass is 10.2. The Morgan fingerprint density at radius 1 is 1.20 bits per heavy atom. The van der Waals surface area contributed by atoms with E-state index in [1.54, 1.807) is 24.3 Å². The van der Waals surface area contributed by atoms with Crippen molar-refractivity contribution in [3.8, 4) is 0 Å². The Morgan fingerprint density at radius 2 is 1.80 bits per heavy atom. The van der Waals surface area contributed by atoms with Crippen LogP contribution in [0.4, 0.5) is 8.78 Å². The SMILES string of the molecule is CC(C)(C)[Si](C)(C)OCCC(F)(F)S(=O)(=O)c1nc2ccccc2s1. The number of thiazole rings is 1. The van der Waals surface area contributed by atoms with Crippen LogP contribution in [0.3, 0.4) is 0 Å². The maximum atomic E-state index is 14.4. The summed E-state index contributed by atoms with van der Waals surface area (Å²) in [4.78, 5) is 3.87. The molecule has 0 saturated heterocycles. The molecule has 0 atom stereocenters. The van der Waals surface area contributed by atoms with Gasteiger partial charge in [-0.3, -0.25) is 0 Å². The van der Waals surface area contributed by atoms with E-state index in [9.17, 15) is 17.2 Å². The second-order valence-corrected chi connectivity index (χ2v) is 15.5. The number of para-hydroxylation sites is 1. The average molecular weight is 408 g/mol. The van der Waals surface area contributed by atoms with Crippen molar-refractivity contribution in [2.45, 2.75) is 54.9 Å². The summed E-state index contributed by atoms with van der Waals surface area (Å²) in [6, 6.07) is 6.65. The first-order valence-corrected chi connectivity index (χ1v) is 13.1. The molecule has 0 aliphatic carbocycles. The number of hydrogen-bond acceptors (Lipinski definition) is 5. The second-order valence-electron chi connectivity index (χ2n) is 7.45. The van der Waals surface area contributed by atoms with Gasteiger partial charge in [-0.25, -0.2) is 13.4 Å². The van der Waals surface area contributed by atoms with Gasteiger partial charge in [0.05, 0.1) is 10.2 Å². The summed E-state index contributed by atoms with van der Waals surface area (Å²) < 4.78 is 59.2. The molecule has 0 aliphatic heterocycles. The monoisotopic (exact) mass is 407 g/mol. The van der Waals surface area contributed by atoms with E-state index in [1.165, 1.54) is 0 Å². The maximum Gasteiger partial charge on any atom is 0.354 e. The smallest absolute Gasteiger partial charge is 0.354 e. The molecule has 0 saturated carbocycles. The van der Waals surface area contributed by atoms with Crippen molar-refractivity contribution in [2.75, 3.05) is 6.61 Å². The number of aromatic nitrogens is 1. The highest BCUT2D eigenvalue weighted by Crippen LogP contribution is 2.39. The Hall–Kier alpha value is -0.903. The molecule has 0 spiro atoms. The van der Waals surface area contributed by atoms with Crippen molar-refractivity contribution in [3.63, 3.8) is 0 Å². The summed E-state index contributed by atoms with van der Waals surface area (Å²) in [5.41, 5.74) is 0.402. The quantitative estimate of drug-likeness (QED) is 0.627. The number of fused-ring (bicyclic) bond motifs is 1. The summed E-state index contributed by atoms with van der Waals surface area (Å²) in [5, 5.41) is -4.04. The van der Waals surface area contributed by atoms with Crippen LogP contribution in [0, 0.1) is 0 Å². The van der Waals surface area contributed by atoms with Crippen LogP contribution in [-0.4, -0.2) is 33.6 Å². The molecule has 1 aromatic heterocycles. The third kappa shape index (κ3) is 4.10. The minimum absolute atomic E-state index is 0.131. The lowest BCUT2D eigenvalue weighted by Crippen LogP contribution is -2.42. The molecule has 140 valence electrons. The van der Waals surface area contributed by atoms with Gasteiger partial charge in [0.15, 0.2) is 8.32 Å². The number of nitrogens with zero attached hydrogens (tertiary/aromatic N) is 1. The molecule has 1 heterocycles. The standard InChI is InChI=1S/C16H23F2NO3S2Si/c1-15(2,3)25(4,5)22-11-10-16(17,18)24(20,21)14-19-12-8-6-7-9-13(12)23-14/h6-9H,10-11H2,1-5H3. The maximum absolute atomic E-state index is 14.4. The molecule has 0 radical (unpaired) electrons. The highest BCUT2D eigenvalue weighted by Gasteiger charge is 2.48. The lowest BCUT2D eigenvalue weighted by Gasteiger charge is -2.36. The van der Waals surface area contributed by atoms with Crippen molar-refractivity contribution in [2.24, 2.45) is 0 Å². The van der Waals surface area contributed by atoms with Crippen LogP contribution < -0.4 is 0 Å². The molecule has 2 rings (SSSR count). The molecule has 0 N–H and O–H groups in total. The number of alkyl halides is 2. The van der Waals surface area contributed by atoms with Crippen LogP contribution in [0.5, 0.6) is 0 Å². The summed E-state index contributed by atoms with van der Waals surface area (Å²) >= 11 is 0.763. The van der Waals surface area contributed by atoms with Gasteiger partial charge in [0, 0.05) is 13.0 Å². The van der Waals surface area contributed by atoms with Crippen LogP contribution >= 0.6 is 11.3 Å². The number of sulfone groups is 1. The minimum atomic E-state index is -4.84. The summed E-state index contributed by atoms with van der Waals surface area (Å²) in [6.45, 7) is 9.56. The fraction of sp³-hybridized carbons (Fsp3) is 0.562. The van der Waals surface area contributed by atoms with Crippen molar-refractivity contribution in [1.29, 1.82) is 0 Å². The number of halogens is 2. The Morgan fingerprint density at radius 3 is 2.36 bits per heavy atom. The molecular weight excluding hydrogens is 384 g/mol. The van der Waals surface area contributed by atoms with Crippen LogP contribution in [-0.2, 0) is 14.3 Å². The Bertz CT molecular complexity index is 825. The van der Waals surface area contributed by atoms with E-state index in [2.05, 4.69) is 4.98 Å². The highest BCUT2D eigenvalue weighted by atomic mass is 32.2. The molecule has 0 fully saturated rings. The van der Waals surface area contributed by atoms with Crippen LogP contribution in [0.15, 0.2) is 28.6 Å². The zero-order valence-electron chi connectivity index (χ0n) is 15.0. The zero-order chi connectivity index (χ0) is 19.1. The number of hydrogen-bond donors (Lipinski definition) is 0. The van der Waals surface area contributed by atoms with Gasteiger partial charge in [0.2, 0.25) is 4.34 Å². The highest BCUT2D eigenvalue weighted by molar-refractivity contribution is 7.94. The van der Waals surface area contributed by atoms with Gasteiger partial charge in [-0.15, -0.1) is 11.3 Å². The largest absolute Gasteiger partial charge is 0.417 e. The molecule has 1 aromatic carbocycles. The predicted molar refractivity (Wildman–Crippen MR) is 99.5 cm³/mol. The first-order chi connectivity index (χ1) is 11.3. The van der Waals surface area contributed by atoms with Gasteiger partial charge in [0.25, 0.3) is 9.84 Å². The third-order valence-corrected chi connectivity index (χ3v) is 12.4. The van der Waals surface area contributed by atoms with Crippen molar-refractivity contribution >= 4 is 39.7 Å².